The number of hydrogen-bond acceptors (Lipinski definition) is 3. The van der Waals surface area contributed by atoms with Crippen molar-refractivity contribution in [2.24, 2.45) is 0 Å². The third-order valence-corrected chi connectivity index (χ3v) is 3.34. The molecule has 2 rings (SSSR count). The molecule has 23 heavy (non-hydrogen) atoms. The highest BCUT2D eigenvalue weighted by Gasteiger charge is 2.09. The Hall–Kier alpha value is -2.66. The van der Waals surface area contributed by atoms with E-state index < -0.39 is 0 Å². The molecular formula is C18H21N3O2. The number of carbonyl (C=O) groups excluding carboxylic acids is 2. The first-order valence-corrected chi connectivity index (χ1v) is 7.43. The van der Waals surface area contributed by atoms with Gasteiger partial charge in [0, 0.05) is 12.1 Å². The molecule has 0 saturated heterocycles. The van der Waals surface area contributed by atoms with Gasteiger partial charge in [0.05, 0.1) is 6.54 Å². The monoisotopic (exact) mass is 311 g/mol. The van der Waals surface area contributed by atoms with Crippen LogP contribution >= 0.6 is 0 Å². The summed E-state index contributed by atoms with van der Waals surface area (Å²) in [5, 5.41) is 0. The molecule has 5 nitrogen and oxygen atoms in total. The molecule has 0 atom stereocenters. The Morgan fingerprint density at radius 2 is 1.61 bits per heavy atom. The van der Waals surface area contributed by atoms with E-state index in [4.69, 9.17) is 0 Å². The summed E-state index contributed by atoms with van der Waals surface area (Å²) < 4.78 is 0. The van der Waals surface area contributed by atoms with Crippen LogP contribution in [0.15, 0.2) is 54.6 Å². The van der Waals surface area contributed by atoms with Gasteiger partial charge in [-0.25, -0.2) is 0 Å². The lowest BCUT2D eigenvalue weighted by Crippen LogP contribution is -2.45. The molecule has 120 valence electrons. The number of nitrogens with zero attached hydrogens (tertiary/aromatic N) is 1. The van der Waals surface area contributed by atoms with Crippen molar-refractivity contribution in [1.29, 1.82) is 0 Å². The standard InChI is InChI=1S/C18H21N3O2/c1-14-8-10-15(11-9-14)12-21(2)13-17(22)19-20-18(23)16-6-4-3-5-7-16/h3-11H,12-13H2,1-2H3,(H,19,22)(H,20,23). The molecule has 2 aromatic carbocycles. The van der Waals surface area contributed by atoms with Gasteiger partial charge in [-0.1, -0.05) is 48.0 Å². The summed E-state index contributed by atoms with van der Waals surface area (Å²) in [5.41, 5.74) is 7.68. The van der Waals surface area contributed by atoms with Gasteiger partial charge in [0.25, 0.3) is 11.8 Å². The van der Waals surface area contributed by atoms with Gasteiger partial charge < -0.3 is 0 Å². The summed E-state index contributed by atoms with van der Waals surface area (Å²) in [6.45, 7) is 2.90. The highest BCUT2D eigenvalue weighted by atomic mass is 16.2. The molecule has 0 aliphatic heterocycles. The minimum Gasteiger partial charge on any atom is -0.293 e. The van der Waals surface area contributed by atoms with E-state index in [0.29, 0.717) is 12.1 Å². The predicted octanol–water partition coefficient (Wildman–Crippen LogP) is 1.89. The van der Waals surface area contributed by atoms with Crippen LogP contribution in [0.25, 0.3) is 0 Å². The average molecular weight is 311 g/mol. The Morgan fingerprint density at radius 1 is 0.957 bits per heavy atom. The molecule has 0 radical (unpaired) electrons. The second kappa shape index (κ2) is 8.10. The SMILES string of the molecule is Cc1ccc(CN(C)CC(=O)NNC(=O)c2ccccc2)cc1. The molecule has 0 aromatic heterocycles. The van der Waals surface area contributed by atoms with Crippen molar-refractivity contribution in [3.63, 3.8) is 0 Å². The Bertz CT molecular complexity index is 654. The summed E-state index contributed by atoms with van der Waals surface area (Å²) in [6, 6.07) is 16.9. The number of nitrogens with one attached hydrogen (secondary N) is 2. The normalized spacial score (nSPS) is 10.4. The fraction of sp³-hybridized carbons (Fsp3) is 0.222. The summed E-state index contributed by atoms with van der Waals surface area (Å²) in [4.78, 5) is 25.6. The first-order valence-electron chi connectivity index (χ1n) is 7.43. The molecule has 0 aliphatic rings. The molecule has 2 amide bonds. The maximum absolute atomic E-state index is 11.9. The van der Waals surface area contributed by atoms with Crippen molar-refractivity contribution in [1.82, 2.24) is 15.8 Å². The van der Waals surface area contributed by atoms with E-state index in [1.807, 2.05) is 49.2 Å². The minimum absolute atomic E-state index is 0.197. The summed E-state index contributed by atoms with van der Waals surface area (Å²) >= 11 is 0. The van der Waals surface area contributed by atoms with Gasteiger partial charge in [-0.15, -0.1) is 0 Å². The topological polar surface area (TPSA) is 61.4 Å². The largest absolute Gasteiger partial charge is 0.293 e. The highest BCUT2D eigenvalue weighted by Crippen LogP contribution is 2.05. The summed E-state index contributed by atoms with van der Waals surface area (Å²) in [6.07, 6.45) is 0. The third-order valence-electron chi connectivity index (χ3n) is 3.34. The Labute approximate surface area is 136 Å². The predicted molar refractivity (Wildman–Crippen MR) is 89.6 cm³/mol. The lowest BCUT2D eigenvalue weighted by molar-refractivity contribution is -0.122. The van der Waals surface area contributed by atoms with Crippen LogP contribution in [0.4, 0.5) is 0 Å². The van der Waals surface area contributed by atoms with E-state index in [9.17, 15) is 9.59 Å². The van der Waals surface area contributed by atoms with Crippen LogP contribution in [0, 0.1) is 6.92 Å². The van der Waals surface area contributed by atoms with Crippen molar-refractivity contribution >= 4 is 11.8 Å². The fourth-order valence-electron chi connectivity index (χ4n) is 2.13. The molecule has 0 fully saturated rings. The van der Waals surface area contributed by atoms with Crippen molar-refractivity contribution in [3.8, 4) is 0 Å². The van der Waals surface area contributed by atoms with Crippen molar-refractivity contribution in [2.75, 3.05) is 13.6 Å². The van der Waals surface area contributed by atoms with Gasteiger partial charge in [0.1, 0.15) is 0 Å². The Kier molecular flexibility index (Phi) is 5.88. The number of aryl methyl sites for hydroxylation is 1. The lowest BCUT2D eigenvalue weighted by Gasteiger charge is -2.16. The number of carbonyl (C=O) groups is 2. The van der Waals surface area contributed by atoms with Crippen LogP contribution < -0.4 is 10.9 Å². The molecule has 0 unspecified atom stereocenters. The lowest BCUT2D eigenvalue weighted by atomic mass is 10.1. The van der Waals surface area contributed by atoms with Crippen LogP contribution in [-0.4, -0.2) is 30.3 Å². The van der Waals surface area contributed by atoms with Crippen molar-refractivity contribution < 1.29 is 9.59 Å². The highest BCUT2D eigenvalue weighted by molar-refractivity contribution is 5.95. The van der Waals surface area contributed by atoms with E-state index in [1.165, 1.54) is 5.56 Å². The number of rotatable bonds is 5. The molecule has 2 aromatic rings. The van der Waals surface area contributed by atoms with Gasteiger partial charge in [-0.2, -0.15) is 0 Å². The second-order valence-corrected chi connectivity index (χ2v) is 5.53. The zero-order chi connectivity index (χ0) is 16.7. The van der Waals surface area contributed by atoms with E-state index in [1.54, 1.807) is 24.3 Å². The minimum atomic E-state index is -0.333. The van der Waals surface area contributed by atoms with E-state index >= 15 is 0 Å². The number of benzene rings is 2. The molecule has 0 heterocycles. The maximum Gasteiger partial charge on any atom is 0.269 e. The molecular weight excluding hydrogens is 290 g/mol. The molecule has 0 saturated carbocycles. The maximum atomic E-state index is 11.9. The first-order chi connectivity index (χ1) is 11.0. The van der Waals surface area contributed by atoms with Gasteiger partial charge in [0.15, 0.2) is 0 Å². The van der Waals surface area contributed by atoms with E-state index in [2.05, 4.69) is 10.9 Å². The molecule has 2 N–H and O–H groups in total. The Morgan fingerprint density at radius 3 is 2.26 bits per heavy atom. The van der Waals surface area contributed by atoms with Gasteiger partial charge in [-0.05, 0) is 31.7 Å². The Balaban J connectivity index is 1.75. The second-order valence-electron chi connectivity index (χ2n) is 5.53. The van der Waals surface area contributed by atoms with Crippen LogP contribution in [0.2, 0.25) is 0 Å². The molecule has 0 bridgehead atoms. The van der Waals surface area contributed by atoms with Crippen molar-refractivity contribution in [3.05, 3.63) is 71.3 Å². The van der Waals surface area contributed by atoms with E-state index in [-0.39, 0.29) is 18.4 Å². The quantitative estimate of drug-likeness (QED) is 0.829. The number of amides is 2. The van der Waals surface area contributed by atoms with Crippen LogP contribution in [0.3, 0.4) is 0 Å². The zero-order valence-corrected chi connectivity index (χ0v) is 13.4. The van der Waals surface area contributed by atoms with Crippen molar-refractivity contribution in [2.45, 2.75) is 13.5 Å². The van der Waals surface area contributed by atoms with Gasteiger partial charge in [-0.3, -0.25) is 25.3 Å². The number of hydrazine groups is 1. The first kappa shape index (κ1) is 16.7. The number of hydrogen-bond donors (Lipinski definition) is 2. The molecule has 0 spiro atoms. The van der Waals surface area contributed by atoms with Gasteiger partial charge >= 0.3 is 0 Å². The van der Waals surface area contributed by atoms with Gasteiger partial charge in [0.2, 0.25) is 0 Å². The number of likely N-dealkylation sites (N-methyl/N-ethyl adjacent to an activating group) is 1. The summed E-state index contributed by atoms with van der Waals surface area (Å²) in [7, 11) is 1.86. The average Bonchev–Trinajstić information content (AvgIpc) is 2.55. The van der Waals surface area contributed by atoms with E-state index in [0.717, 1.165) is 5.56 Å². The van der Waals surface area contributed by atoms with Crippen LogP contribution in [0.5, 0.6) is 0 Å². The third kappa shape index (κ3) is 5.56. The summed E-state index contributed by atoms with van der Waals surface area (Å²) in [5.74, 6) is -0.593. The smallest absolute Gasteiger partial charge is 0.269 e. The molecule has 0 aliphatic carbocycles. The van der Waals surface area contributed by atoms with Crippen LogP contribution in [-0.2, 0) is 11.3 Å². The zero-order valence-electron chi connectivity index (χ0n) is 13.4. The van der Waals surface area contributed by atoms with Crippen LogP contribution in [0.1, 0.15) is 21.5 Å². The molecule has 5 heteroatoms. The fourth-order valence-corrected chi connectivity index (χ4v) is 2.13.